The quantitative estimate of drug-likeness (QED) is 0.242. The zero-order valence-corrected chi connectivity index (χ0v) is 24.4. The molecule has 0 radical (unpaired) electrons. The topological polar surface area (TPSA) is 154 Å². The lowest BCUT2D eigenvalue weighted by Crippen LogP contribution is -2.43. The van der Waals surface area contributed by atoms with E-state index in [1.165, 1.54) is 53.8 Å². The highest BCUT2D eigenvalue weighted by atomic mass is 35.5. The molecule has 0 spiro atoms. The summed E-state index contributed by atoms with van der Waals surface area (Å²) in [4.78, 5) is 35.5. The Morgan fingerprint density at radius 2 is 2.12 bits per heavy atom. The van der Waals surface area contributed by atoms with E-state index < -0.39 is 36.0 Å². The Morgan fingerprint density at radius 3 is 2.86 bits per heavy atom. The summed E-state index contributed by atoms with van der Waals surface area (Å²) in [5, 5.41) is 20.4. The summed E-state index contributed by atoms with van der Waals surface area (Å²) in [6, 6.07) is 3.45. The molecule has 43 heavy (non-hydrogen) atoms. The normalized spacial score (nSPS) is 18.3. The van der Waals surface area contributed by atoms with E-state index in [4.69, 9.17) is 25.8 Å². The van der Waals surface area contributed by atoms with Crippen LogP contribution in [0.25, 0.3) is 16.8 Å². The zero-order valence-electron chi connectivity index (χ0n) is 23.7. The Kier molecular flexibility index (Phi) is 9.20. The molecular weight excluding hydrogens is 585 g/mol. The molecule has 1 aromatic carbocycles. The van der Waals surface area contributed by atoms with Crippen molar-refractivity contribution in [1.29, 1.82) is 0 Å². The number of aliphatic hydroxyl groups is 1. The summed E-state index contributed by atoms with van der Waals surface area (Å²) < 4.78 is 32.6. The lowest BCUT2D eigenvalue weighted by atomic mass is 10.1. The van der Waals surface area contributed by atoms with E-state index >= 15 is 0 Å². The number of fused-ring (bicyclic) bond motifs is 1. The number of nitrogens with zero attached hydrogens (tertiary/aromatic N) is 5. The number of ether oxygens (including phenoxy) is 3. The van der Waals surface area contributed by atoms with Crippen LogP contribution < -0.4 is 20.9 Å². The van der Waals surface area contributed by atoms with Crippen LogP contribution in [0.2, 0.25) is 5.02 Å². The Morgan fingerprint density at radius 1 is 1.30 bits per heavy atom. The summed E-state index contributed by atoms with van der Waals surface area (Å²) in [6.07, 6.45) is 4.86. The number of aliphatic hydroxyl groups excluding tert-OH is 1. The molecule has 4 heterocycles. The molecule has 0 aliphatic carbocycles. The second-order valence-corrected chi connectivity index (χ2v) is 10.4. The van der Waals surface area contributed by atoms with Gasteiger partial charge >= 0.3 is 0 Å². The minimum atomic E-state index is -1.01. The molecule has 0 saturated carbocycles. The maximum absolute atomic E-state index is 14.0. The Hall–Kier alpha value is -4.11. The number of hydrogen-bond acceptors (Lipinski definition) is 10. The third kappa shape index (κ3) is 6.46. The maximum atomic E-state index is 14.0. The molecule has 1 fully saturated rings. The van der Waals surface area contributed by atoms with Gasteiger partial charge in [0.25, 0.3) is 5.56 Å². The number of benzene rings is 1. The van der Waals surface area contributed by atoms with Gasteiger partial charge in [-0.25, -0.2) is 18.9 Å². The number of halogens is 2. The maximum Gasteiger partial charge on any atom is 0.278 e. The number of amides is 1. The number of aromatic nitrogens is 5. The van der Waals surface area contributed by atoms with Crippen LogP contribution in [0.15, 0.2) is 47.8 Å². The number of rotatable bonds is 10. The van der Waals surface area contributed by atoms with Gasteiger partial charge in [-0.05, 0) is 37.1 Å². The number of carbonyl (C=O) groups is 1. The van der Waals surface area contributed by atoms with Crippen LogP contribution in [-0.4, -0.2) is 81.3 Å². The Balaban J connectivity index is 1.38. The van der Waals surface area contributed by atoms with E-state index in [0.717, 1.165) is 0 Å². The number of anilines is 1. The van der Waals surface area contributed by atoms with Crippen LogP contribution in [-0.2, 0) is 14.3 Å². The highest BCUT2D eigenvalue weighted by Crippen LogP contribution is 2.28. The van der Waals surface area contributed by atoms with Gasteiger partial charge in [-0.2, -0.15) is 5.10 Å². The molecule has 1 aliphatic heterocycles. The number of nitrogens with one attached hydrogen (secondary N) is 2. The second kappa shape index (κ2) is 13.0. The molecule has 15 heteroatoms. The van der Waals surface area contributed by atoms with Gasteiger partial charge in [0, 0.05) is 31.5 Å². The largest absolute Gasteiger partial charge is 0.497 e. The van der Waals surface area contributed by atoms with Crippen LogP contribution >= 0.6 is 11.6 Å². The van der Waals surface area contributed by atoms with Crippen molar-refractivity contribution < 1.29 is 28.5 Å². The molecule has 3 N–H and O–H groups in total. The Bertz CT molecular complexity index is 1680. The Labute approximate surface area is 250 Å². The average Bonchev–Trinajstić information content (AvgIpc) is 3.45. The molecule has 228 valence electrons. The van der Waals surface area contributed by atoms with Gasteiger partial charge in [-0.1, -0.05) is 11.6 Å². The van der Waals surface area contributed by atoms with Crippen molar-refractivity contribution in [3.63, 3.8) is 0 Å². The SMILES string of the molecule is COc1cc(F)cc([C@@H](CO)NC(=O)C(C)n2cnn3cc(-c4nc(N[C@@H]5CCOC[C@H]5OC)ncc4Cl)cc3c2=O)c1. The first kappa shape index (κ1) is 30.4. The minimum absolute atomic E-state index is 0.0595. The van der Waals surface area contributed by atoms with Crippen molar-refractivity contribution >= 4 is 29.0 Å². The van der Waals surface area contributed by atoms with E-state index in [9.17, 15) is 19.1 Å². The fourth-order valence-electron chi connectivity index (χ4n) is 4.88. The van der Waals surface area contributed by atoms with Gasteiger partial charge in [0.05, 0.1) is 49.3 Å². The number of carbonyl (C=O) groups excluding carboxylic acids is 1. The molecule has 0 bridgehead atoms. The average molecular weight is 616 g/mol. The van der Waals surface area contributed by atoms with Crippen LogP contribution in [0.1, 0.15) is 31.0 Å². The predicted molar refractivity (Wildman–Crippen MR) is 155 cm³/mol. The predicted octanol–water partition coefficient (Wildman–Crippen LogP) is 2.38. The first-order chi connectivity index (χ1) is 20.7. The van der Waals surface area contributed by atoms with Gasteiger partial charge < -0.3 is 30.0 Å². The molecule has 5 rings (SSSR count). The van der Waals surface area contributed by atoms with Crippen LogP contribution in [0.3, 0.4) is 0 Å². The summed E-state index contributed by atoms with van der Waals surface area (Å²) in [5.41, 5.74) is 0.899. The third-order valence-electron chi connectivity index (χ3n) is 7.32. The molecule has 4 aromatic rings. The third-order valence-corrected chi connectivity index (χ3v) is 7.60. The first-order valence-electron chi connectivity index (χ1n) is 13.5. The molecule has 1 amide bonds. The molecule has 1 unspecified atom stereocenters. The van der Waals surface area contributed by atoms with Crippen LogP contribution in [0.4, 0.5) is 10.3 Å². The van der Waals surface area contributed by atoms with E-state index in [1.54, 1.807) is 19.4 Å². The summed E-state index contributed by atoms with van der Waals surface area (Å²) in [6.45, 7) is 2.05. The van der Waals surface area contributed by atoms with Crippen molar-refractivity contribution in [3.8, 4) is 17.0 Å². The zero-order chi connectivity index (χ0) is 30.7. The van der Waals surface area contributed by atoms with E-state index in [0.29, 0.717) is 42.4 Å². The number of methoxy groups -OCH3 is 2. The van der Waals surface area contributed by atoms with Crippen LogP contribution in [0, 0.1) is 5.82 Å². The lowest BCUT2D eigenvalue weighted by Gasteiger charge is -2.31. The fourth-order valence-corrected chi connectivity index (χ4v) is 5.08. The molecule has 4 atom stereocenters. The highest BCUT2D eigenvalue weighted by Gasteiger charge is 2.27. The van der Waals surface area contributed by atoms with Crippen LogP contribution in [0.5, 0.6) is 5.75 Å². The molecule has 1 aliphatic rings. The van der Waals surface area contributed by atoms with E-state index in [-0.39, 0.29) is 28.4 Å². The lowest BCUT2D eigenvalue weighted by molar-refractivity contribution is -0.125. The van der Waals surface area contributed by atoms with Crippen molar-refractivity contribution in [2.24, 2.45) is 0 Å². The number of hydrogen-bond donors (Lipinski definition) is 3. The summed E-state index contributed by atoms with van der Waals surface area (Å²) in [5.74, 6) is -0.590. The van der Waals surface area contributed by atoms with Gasteiger partial charge in [-0.3, -0.25) is 14.2 Å². The second-order valence-electron chi connectivity index (χ2n) is 10.0. The molecular formula is C28H31ClFN7O6. The van der Waals surface area contributed by atoms with Crippen molar-refractivity contribution in [2.45, 2.75) is 37.6 Å². The van der Waals surface area contributed by atoms with Crippen molar-refractivity contribution in [1.82, 2.24) is 29.5 Å². The van der Waals surface area contributed by atoms with Gasteiger partial charge in [0.2, 0.25) is 11.9 Å². The van der Waals surface area contributed by atoms with Crippen molar-refractivity contribution in [3.05, 3.63) is 69.7 Å². The fraction of sp³-hybridized carbons (Fsp3) is 0.393. The standard InChI is InChI=1S/C28H31ClFN7O6/c1-15(26(39)33-22(12-38)16-6-18(30)9-19(7-16)41-2)36-14-32-37-11-17(8-23(37)27(36)40)25-20(29)10-31-28(35-25)34-21-4-5-43-13-24(21)42-3/h6-11,14-15,21-22,24,38H,4-5,12-13H2,1-3H3,(H,33,39)(H,31,34,35)/t15?,21-,22-,24-/m1/s1. The highest BCUT2D eigenvalue weighted by molar-refractivity contribution is 6.32. The molecule has 1 saturated heterocycles. The monoisotopic (exact) mass is 615 g/mol. The van der Waals surface area contributed by atoms with Gasteiger partial charge in [0.15, 0.2) is 0 Å². The first-order valence-corrected chi connectivity index (χ1v) is 13.8. The van der Waals surface area contributed by atoms with Gasteiger partial charge in [0.1, 0.15) is 35.6 Å². The summed E-state index contributed by atoms with van der Waals surface area (Å²) in [7, 11) is 3.00. The smallest absolute Gasteiger partial charge is 0.278 e. The van der Waals surface area contributed by atoms with E-state index in [1.807, 2.05) is 0 Å². The van der Waals surface area contributed by atoms with Gasteiger partial charge in [-0.15, -0.1) is 0 Å². The van der Waals surface area contributed by atoms with E-state index in [2.05, 4.69) is 25.7 Å². The summed E-state index contributed by atoms with van der Waals surface area (Å²) >= 11 is 6.45. The molecule has 13 nitrogen and oxygen atoms in total. The molecule has 3 aromatic heterocycles. The minimum Gasteiger partial charge on any atom is -0.497 e. The van der Waals surface area contributed by atoms with Crippen molar-refractivity contribution in [2.75, 3.05) is 39.4 Å².